The van der Waals surface area contributed by atoms with Crippen LogP contribution in [0.3, 0.4) is 0 Å². The van der Waals surface area contributed by atoms with Crippen LogP contribution >= 0.6 is 23.2 Å². The van der Waals surface area contributed by atoms with E-state index in [1.54, 1.807) is 25.1 Å². The fourth-order valence-corrected chi connectivity index (χ4v) is 1.90. The molecule has 0 bridgehead atoms. The van der Waals surface area contributed by atoms with Crippen LogP contribution < -0.4 is 10.1 Å². The van der Waals surface area contributed by atoms with Gasteiger partial charge in [-0.05, 0) is 38.4 Å². The first kappa shape index (κ1) is 17.5. The number of benzene rings is 1. The Kier molecular flexibility index (Phi) is 8.26. The largest absolute Gasteiger partial charge is 0.491 e. The van der Waals surface area contributed by atoms with Gasteiger partial charge < -0.3 is 20.3 Å². The molecule has 0 spiro atoms. The summed E-state index contributed by atoms with van der Waals surface area (Å²) in [5.74, 6) is 0.576. The van der Waals surface area contributed by atoms with Crippen molar-refractivity contribution in [3.05, 3.63) is 28.2 Å². The Balaban J connectivity index is 2.16. The maximum Gasteiger partial charge on any atom is 0.121 e. The summed E-state index contributed by atoms with van der Waals surface area (Å²) in [5.41, 5.74) is 0. The molecule has 0 radical (unpaired) electrons. The highest BCUT2D eigenvalue weighted by molar-refractivity contribution is 6.42. The molecule has 1 aromatic rings. The lowest BCUT2D eigenvalue weighted by molar-refractivity contribution is 0.106. The van der Waals surface area contributed by atoms with E-state index in [2.05, 4.69) is 5.32 Å². The van der Waals surface area contributed by atoms with Crippen molar-refractivity contribution in [2.45, 2.75) is 32.0 Å². The third kappa shape index (κ3) is 7.31. The van der Waals surface area contributed by atoms with Crippen molar-refractivity contribution in [1.29, 1.82) is 0 Å². The molecule has 0 aromatic heterocycles. The van der Waals surface area contributed by atoms with Crippen molar-refractivity contribution in [2.75, 3.05) is 19.7 Å². The molecule has 0 aliphatic carbocycles. The van der Waals surface area contributed by atoms with E-state index in [0.717, 1.165) is 19.4 Å². The predicted octanol–water partition coefficient (Wildman–Crippen LogP) is 2.48. The second-order valence-electron chi connectivity index (χ2n) is 4.74. The van der Waals surface area contributed by atoms with Crippen LogP contribution in [0, 0.1) is 0 Å². The molecular formula is C14H21Cl2NO3. The van der Waals surface area contributed by atoms with Gasteiger partial charge in [0.1, 0.15) is 18.5 Å². The topological polar surface area (TPSA) is 61.7 Å². The number of aliphatic hydroxyl groups excluding tert-OH is 2. The Morgan fingerprint density at radius 2 is 2.00 bits per heavy atom. The Labute approximate surface area is 129 Å². The number of aliphatic hydroxyl groups is 2. The average Bonchev–Trinajstić information content (AvgIpc) is 2.39. The molecule has 1 aromatic carbocycles. The molecular weight excluding hydrogens is 301 g/mol. The smallest absolute Gasteiger partial charge is 0.121 e. The summed E-state index contributed by atoms with van der Waals surface area (Å²) in [6.45, 7) is 3.15. The van der Waals surface area contributed by atoms with Crippen molar-refractivity contribution in [3.63, 3.8) is 0 Å². The first-order valence-corrected chi connectivity index (χ1v) is 7.39. The van der Waals surface area contributed by atoms with Crippen LogP contribution in [-0.2, 0) is 0 Å². The van der Waals surface area contributed by atoms with Gasteiger partial charge in [-0.2, -0.15) is 0 Å². The van der Waals surface area contributed by atoms with Crippen LogP contribution in [-0.4, -0.2) is 42.1 Å². The number of hydrogen-bond acceptors (Lipinski definition) is 4. The zero-order valence-electron chi connectivity index (χ0n) is 11.5. The Hall–Kier alpha value is -0.520. The third-order valence-electron chi connectivity index (χ3n) is 2.69. The van der Waals surface area contributed by atoms with Gasteiger partial charge in [-0.15, -0.1) is 0 Å². The molecule has 0 heterocycles. The second kappa shape index (κ2) is 9.42. The lowest BCUT2D eigenvalue weighted by atomic mass is 10.2. The van der Waals surface area contributed by atoms with E-state index in [9.17, 15) is 5.11 Å². The fourth-order valence-electron chi connectivity index (χ4n) is 1.61. The van der Waals surface area contributed by atoms with E-state index in [-0.39, 0.29) is 12.7 Å². The summed E-state index contributed by atoms with van der Waals surface area (Å²) in [5, 5.41) is 22.8. The Morgan fingerprint density at radius 3 is 2.65 bits per heavy atom. The van der Waals surface area contributed by atoms with Gasteiger partial charge in [0, 0.05) is 12.6 Å². The molecule has 1 rings (SSSR count). The maximum absolute atomic E-state index is 9.75. The van der Waals surface area contributed by atoms with Crippen molar-refractivity contribution in [1.82, 2.24) is 5.32 Å². The molecule has 20 heavy (non-hydrogen) atoms. The van der Waals surface area contributed by atoms with Crippen LogP contribution in [0.1, 0.15) is 19.8 Å². The molecule has 0 fully saturated rings. The van der Waals surface area contributed by atoms with Gasteiger partial charge in [0.25, 0.3) is 0 Å². The minimum Gasteiger partial charge on any atom is -0.491 e. The molecule has 0 aliphatic heterocycles. The van der Waals surface area contributed by atoms with Gasteiger partial charge in [-0.3, -0.25) is 0 Å². The van der Waals surface area contributed by atoms with E-state index in [1.165, 1.54) is 0 Å². The van der Waals surface area contributed by atoms with Gasteiger partial charge in [0.2, 0.25) is 0 Å². The minimum absolute atomic E-state index is 0.182. The zero-order valence-corrected chi connectivity index (χ0v) is 13.0. The van der Waals surface area contributed by atoms with E-state index >= 15 is 0 Å². The quantitative estimate of drug-likeness (QED) is 0.611. The fraction of sp³-hybridized carbons (Fsp3) is 0.571. The molecule has 114 valence electrons. The first-order valence-electron chi connectivity index (χ1n) is 6.63. The van der Waals surface area contributed by atoms with Gasteiger partial charge in [-0.1, -0.05) is 23.2 Å². The summed E-state index contributed by atoms with van der Waals surface area (Å²) in [4.78, 5) is 0. The molecule has 2 atom stereocenters. The molecule has 3 N–H and O–H groups in total. The predicted molar refractivity (Wildman–Crippen MR) is 81.7 cm³/mol. The molecule has 4 nitrogen and oxygen atoms in total. The van der Waals surface area contributed by atoms with Crippen LogP contribution in [0.25, 0.3) is 0 Å². The van der Waals surface area contributed by atoms with Crippen LogP contribution in [0.5, 0.6) is 5.75 Å². The molecule has 6 heteroatoms. The normalized spacial score (nSPS) is 14.1. The number of hydrogen-bond donors (Lipinski definition) is 3. The zero-order chi connectivity index (χ0) is 15.0. The van der Waals surface area contributed by atoms with Crippen molar-refractivity contribution >= 4 is 23.2 Å². The Bertz CT molecular complexity index is 402. The molecule has 2 unspecified atom stereocenters. The van der Waals surface area contributed by atoms with E-state index in [4.69, 9.17) is 33.0 Å². The van der Waals surface area contributed by atoms with Crippen molar-refractivity contribution in [2.24, 2.45) is 0 Å². The SMILES string of the molecule is CC(O)CCCNCC(O)COc1ccc(Cl)c(Cl)c1. The first-order chi connectivity index (χ1) is 9.49. The molecule has 0 saturated heterocycles. The summed E-state index contributed by atoms with van der Waals surface area (Å²) >= 11 is 11.7. The number of rotatable bonds is 9. The maximum atomic E-state index is 9.75. The lowest BCUT2D eigenvalue weighted by Gasteiger charge is -2.14. The summed E-state index contributed by atoms with van der Waals surface area (Å²) in [6, 6.07) is 4.98. The number of ether oxygens (including phenoxy) is 1. The molecule has 0 amide bonds. The van der Waals surface area contributed by atoms with Crippen molar-refractivity contribution in [3.8, 4) is 5.75 Å². The van der Waals surface area contributed by atoms with E-state index in [1.807, 2.05) is 0 Å². The second-order valence-corrected chi connectivity index (χ2v) is 5.55. The standard InChI is InChI=1S/C14H21Cl2NO3/c1-10(18)3-2-6-17-8-11(19)9-20-12-4-5-13(15)14(16)7-12/h4-5,7,10-11,17-19H,2-3,6,8-9H2,1H3. The third-order valence-corrected chi connectivity index (χ3v) is 3.43. The van der Waals surface area contributed by atoms with Crippen LogP contribution in [0.15, 0.2) is 18.2 Å². The summed E-state index contributed by atoms with van der Waals surface area (Å²) < 4.78 is 5.43. The van der Waals surface area contributed by atoms with Gasteiger partial charge in [0.15, 0.2) is 0 Å². The average molecular weight is 322 g/mol. The number of nitrogens with one attached hydrogen (secondary N) is 1. The van der Waals surface area contributed by atoms with Crippen molar-refractivity contribution < 1.29 is 14.9 Å². The summed E-state index contributed by atoms with van der Waals surface area (Å²) in [7, 11) is 0. The van der Waals surface area contributed by atoms with Gasteiger partial charge >= 0.3 is 0 Å². The minimum atomic E-state index is -0.601. The lowest BCUT2D eigenvalue weighted by Crippen LogP contribution is -2.32. The monoisotopic (exact) mass is 321 g/mol. The highest BCUT2D eigenvalue weighted by Gasteiger charge is 2.06. The van der Waals surface area contributed by atoms with Gasteiger partial charge in [-0.25, -0.2) is 0 Å². The molecule has 0 saturated carbocycles. The van der Waals surface area contributed by atoms with Crippen LogP contribution in [0.2, 0.25) is 10.0 Å². The number of halogens is 2. The van der Waals surface area contributed by atoms with Crippen LogP contribution in [0.4, 0.5) is 0 Å². The van der Waals surface area contributed by atoms with E-state index in [0.29, 0.717) is 22.3 Å². The highest BCUT2D eigenvalue weighted by Crippen LogP contribution is 2.26. The summed E-state index contributed by atoms with van der Waals surface area (Å²) in [6.07, 6.45) is 0.747. The van der Waals surface area contributed by atoms with Gasteiger partial charge in [0.05, 0.1) is 16.1 Å². The van der Waals surface area contributed by atoms with E-state index < -0.39 is 6.10 Å². The Morgan fingerprint density at radius 1 is 1.25 bits per heavy atom. The highest BCUT2D eigenvalue weighted by atomic mass is 35.5. The molecule has 0 aliphatic rings.